The summed E-state index contributed by atoms with van der Waals surface area (Å²) in [5, 5.41) is 0. The molecule has 0 saturated heterocycles. The van der Waals surface area contributed by atoms with Crippen molar-refractivity contribution >= 4 is 17.7 Å². The van der Waals surface area contributed by atoms with Crippen molar-refractivity contribution in [2.24, 2.45) is 11.7 Å². The van der Waals surface area contributed by atoms with E-state index in [1.54, 1.807) is 21.0 Å². The van der Waals surface area contributed by atoms with E-state index in [2.05, 4.69) is 0 Å². The van der Waals surface area contributed by atoms with Crippen LogP contribution >= 0.6 is 0 Å². The second kappa shape index (κ2) is 7.76. The standard InChI is InChI=1S/C13H25N3O3/c1-6-11(17)15(4)8-12(18)16(5)10(13(14)19)7-9(2)3/h9-10H,6-8H2,1-5H3,(H2,14,19)/t10-/m0/s1. The van der Waals surface area contributed by atoms with E-state index in [1.165, 1.54) is 9.80 Å². The highest BCUT2D eigenvalue weighted by atomic mass is 16.2. The summed E-state index contributed by atoms with van der Waals surface area (Å²) in [5.74, 6) is -0.660. The van der Waals surface area contributed by atoms with Gasteiger partial charge in [-0.2, -0.15) is 0 Å². The molecule has 0 radical (unpaired) electrons. The van der Waals surface area contributed by atoms with Gasteiger partial charge >= 0.3 is 0 Å². The molecule has 19 heavy (non-hydrogen) atoms. The quantitative estimate of drug-likeness (QED) is 0.718. The van der Waals surface area contributed by atoms with E-state index < -0.39 is 11.9 Å². The molecule has 1 atom stereocenters. The first-order chi connectivity index (χ1) is 8.70. The van der Waals surface area contributed by atoms with Crippen LogP contribution in [0.3, 0.4) is 0 Å². The van der Waals surface area contributed by atoms with Gasteiger partial charge in [0.05, 0.1) is 6.54 Å². The van der Waals surface area contributed by atoms with E-state index in [9.17, 15) is 14.4 Å². The first-order valence-electron chi connectivity index (χ1n) is 6.49. The number of rotatable bonds is 7. The lowest BCUT2D eigenvalue weighted by Gasteiger charge is -2.28. The number of hydrogen-bond donors (Lipinski definition) is 1. The molecule has 0 heterocycles. The Balaban J connectivity index is 4.67. The summed E-state index contributed by atoms with van der Waals surface area (Å²) in [6, 6.07) is -0.627. The van der Waals surface area contributed by atoms with E-state index in [4.69, 9.17) is 5.73 Å². The number of primary amides is 1. The Morgan fingerprint density at radius 1 is 1.11 bits per heavy atom. The molecule has 0 unspecified atom stereocenters. The second-order valence-electron chi connectivity index (χ2n) is 5.16. The number of nitrogens with two attached hydrogens (primary N) is 1. The van der Waals surface area contributed by atoms with Crippen LogP contribution in [-0.4, -0.2) is 54.2 Å². The van der Waals surface area contributed by atoms with Crippen LogP contribution in [0.2, 0.25) is 0 Å². The van der Waals surface area contributed by atoms with E-state index >= 15 is 0 Å². The van der Waals surface area contributed by atoms with E-state index in [0.29, 0.717) is 12.8 Å². The van der Waals surface area contributed by atoms with Gasteiger partial charge in [-0.05, 0) is 12.3 Å². The van der Waals surface area contributed by atoms with Crippen molar-refractivity contribution in [3.63, 3.8) is 0 Å². The molecule has 110 valence electrons. The van der Waals surface area contributed by atoms with Crippen molar-refractivity contribution in [3.05, 3.63) is 0 Å². The van der Waals surface area contributed by atoms with Gasteiger partial charge in [-0.3, -0.25) is 14.4 Å². The monoisotopic (exact) mass is 271 g/mol. The minimum absolute atomic E-state index is 0.0367. The molecule has 0 rings (SSSR count). The summed E-state index contributed by atoms with van der Waals surface area (Å²) >= 11 is 0. The van der Waals surface area contributed by atoms with Crippen molar-refractivity contribution in [1.82, 2.24) is 9.80 Å². The van der Waals surface area contributed by atoms with Crippen LogP contribution in [0.5, 0.6) is 0 Å². The Bertz CT molecular complexity index is 342. The highest BCUT2D eigenvalue weighted by Gasteiger charge is 2.26. The Labute approximate surface area is 114 Å². The molecule has 0 aliphatic carbocycles. The molecule has 6 nitrogen and oxygen atoms in total. The fourth-order valence-corrected chi connectivity index (χ4v) is 1.76. The van der Waals surface area contributed by atoms with Crippen LogP contribution < -0.4 is 5.73 Å². The van der Waals surface area contributed by atoms with Crippen molar-refractivity contribution in [2.75, 3.05) is 20.6 Å². The Morgan fingerprint density at radius 2 is 1.63 bits per heavy atom. The zero-order chi connectivity index (χ0) is 15.2. The molecular weight excluding hydrogens is 246 g/mol. The molecule has 0 aromatic heterocycles. The van der Waals surface area contributed by atoms with Gasteiger partial charge in [-0.1, -0.05) is 20.8 Å². The molecule has 0 saturated carbocycles. The van der Waals surface area contributed by atoms with Crippen LogP contribution in [0.25, 0.3) is 0 Å². The predicted octanol–water partition coefficient (Wildman–Crippen LogP) is 0.213. The SMILES string of the molecule is CCC(=O)N(C)CC(=O)N(C)[C@@H](CC(C)C)C(N)=O. The Morgan fingerprint density at radius 3 is 2.00 bits per heavy atom. The Kier molecular flexibility index (Phi) is 7.11. The van der Waals surface area contributed by atoms with Gasteiger partial charge in [0, 0.05) is 20.5 Å². The van der Waals surface area contributed by atoms with Crippen LogP contribution in [0.15, 0.2) is 0 Å². The van der Waals surface area contributed by atoms with Gasteiger partial charge in [-0.15, -0.1) is 0 Å². The number of amides is 3. The molecule has 6 heteroatoms. The van der Waals surface area contributed by atoms with Crippen LogP contribution in [-0.2, 0) is 14.4 Å². The van der Waals surface area contributed by atoms with Gasteiger partial charge in [0.1, 0.15) is 6.04 Å². The molecule has 0 aromatic carbocycles. The largest absolute Gasteiger partial charge is 0.368 e. The van der Waals surface area contributed by atoms with Crippen molar-refractivity contribution in [1.29, 1.82) is 0 Å². The lowest BCUT2D eigenvalue weighted by Crippen LogP contribution is -2.49. The average molecular weight is 271 g/mol. The topological polar surface area (TPSA) is 83.7 Å². The van der Waals surface area contributed by atoms with Gasteiger partial charge in [-0.25, -0.2) is 0 Å². The molecule has 0 aliphatic rings. The highest BCUT2D eigenvalue weighted by Crippen LogP contribution is 2.10. The molecule has 0 fully saturated rings. The number of nitrogens with zero attached hydrogens (tertiary/aromatic N) is 2. The second-order valence-corrected chi connectivity index (χ2v) is 5.16. The first kappa shape index (κ1) is 17.4. The van der Waals surface area contributed by atoms with Crippen LogP contribution in [0.1, 0.15) is 33.6 Å². The normalized spacial score (nSPS) is 12.1. The predicted molar refractivity (Wildman–Crippen MR) is 73.1 cm³/mol. The fourth-order valence-electron chi connectivity index (χ4n) is 1.76. The first-order valence-corrected chi connectivity index (χ1v) is 6.49. The number of carbonyl (C=O) groups is 3. The molecular formula is C13H25N3O3. The third-order valence-electron chi connectivity index (χ3n) is 2.98. The van der Waals surface area contributed by atoms with Gasteiger partial charge < -0.3 is 15.5 Å². The third kappa shape index (κ3) is 5.72. The summed E-state index contributed by atoms with van der Waals surface area (Å²) in [5.41, 5.74) is 5.33. The molecule has 0 spiro atoms. The van der Waals surface area contributed by atoms with Crippen molar-refractivity contribution < 1.29 is 14.4 Å². The highest BCUT2D eigenvalue weighted by molar-refractivity contribution is 5.89. The minimum Gasteiger partial charge on any atom is -0.368 e. The van der Waals surface area contributed by atoms with E-state index in [0.717, 1.165) is 0 Å². The van der Waals surface area contributed by atoms with Crippen molar-refractivity contribution in [3.8, 4) is 0 Å². The number of hydrogen-bond acceptors (Lipinski definition) is 3. The average Bonchev–Trinajstić information content (AvgIpc) is 2.33. The van der Waals surface area contributed by atoms with Crippen LogP contribution in [0, 0.1) is 5.92 Å². The summed E-state index contributed by atoms with van der Waals surface area (Å²) in [4.78, 5) is 37.5. The molecule has 0 bridgehead atoms. The lowest BCUT2D eigenvalue weighted by molar-refractivity contribution is -0.142. The molecule has 3 amide bonds. The number of carbonyl (C=O) groups excluding carboxylic acids is 3. The fraction of sp³-hybridized carbons (Fsp3) is 0.769. The van der Waals surface area contributed by atoms with Gasteiger partial charge in [0.2, 0.25) is 17.7 Å². The zero-order valence-electron chi connectivity index (χ0n) is 12.5. The summed E-state index contributed by atoms with van der Waals surface area (Å²) in [6.07, 6.45) is 0.863. The molecule has 2 N–H and O–H groups in total. The van der Waals surface area contributed by atoms with Gasteiger partial charge in [0.25, 0.3) is 0 Å². The van der Waals surface area contributed by atoms with Gasteiger partial charge in [0.15, 0.2) is 0 Å². The summed E-state index contributed by atoms with van der Waals surface area (Å²) in [6.45, 7) is 5.62. The maximum atomic E-state index is 12.0. The maximum absolute atomic E-state index is 12.0. The summed E-state index contributed by atoms with van der Waals surface area (Å²) < 4.78 is 0. The van der Waals surface area contributed by atoms with Crippen LogP contribution in [0.4, 0.5) is 0 Å². The number of likely N-dealkylation sites (N-methyl/N-ethyl adjacent to an activating group) is 2. The summed E-state index contributed by atoms with van der Waals surface area (Å²) in [7, 11) is 3.11. The maximum Gasteiger partial charge on any atom is 0.242 e. The Hall–Kier alpha value is -1.59. The third-order valence-corrected chi connectivity index (χ3v) is 2.98. The zero-order valence-corrected chi connectivity index (χ0v) is 12.5. The lowest BCUT2D eigenvalue weighted by atomic mass is 10.0. The van der Waals surface area contributed by atoms with E-state index in [1.807, 2.05) is 13.8 Å². The van der Waals surface area contributed by atoms with E-state index in [-0.39, 0.29) is 24.3 Å². The van der Waals surface area contributed by atoms with Crippen molar-refractivity contribution in [2.45, 2.75) is 39.7 Å². The minimum atomic E-state index is -0.627. The molecule has 0 aromatic rings. The smallest absolute Gasteiger partial charge is 0.242 e. The molecule has 0 aliphatic heterocycles.